The molecule has 0 bridgehead atoms. The number of nitrogens with one attached hydrogen (secondary N) is 1. The molecular formula is C9H8ClIN6. The quantitative estimate of drug-likeness (QED) is 0.564. The van der Waals surface area contributed by atoms with Crippen LogP contribution in [0.2, 0.25) is 5.02 Å². The molecule has 8 heteroatoms. The van der Waals surface area contributed by atoms with Crippen LogP contribution in [0, 0.1) is 3.57 Å². The minimum atomic E-state index is 0.202. The zero-order valence-corrected chi connectivity index (χ0v) is 11.4. The number of rotatable bonds is 2. The Morgan fingerprint density at radius 3 is 2.65 bits per heavy atom. The van der Waals surface area contributed by atoms with Gasteiger partial charge in [-0.25, -0.2) is 0 Å². The Kier molecular flexibility index (Phi) is 3.48. The summed E-state index contributed by atoms with van der Waals surface area (Å²) in [5, 5.41) is 14.6. The number of nitrogens with zero attached hydrogens (tertiary/aromatic N) is 3. The highest BCUT2D eigenvalue weighted by atomic mass is 127. The van der Waals surface area contributed by atoms with E-state index in [-0.39, 0.29) is 11.6 Å². The van der Waals surface area contributed by atoms with Gasteiger partial charge in [0.1, 0.15) is 11.5 Å². The molecule has 2 aromatic rings. The molecule has 0 spiro atoms. The fraction of sp³-hybridized carbons (Fsp3) is 0. The van der Waals surface area contributed by atoms with Gasteiger partial charge in [-0.05, 0) is 40.8 Å². The number of hydrogen-bond donors (Lipinski definition) is 3. The van der Waals surface area contributed by atoms with Crippen molar-refractivity contribution in [2.24, 2.45) is 10.2 Å². The number of halogens is 2. The number of benzene rings is 1. The maximum Gasteiger partial charge on any atom is 0.175 e. The zero-order chi connectivity index (χ0) is 12.4. The summed E-state index contributed by atoms with van der Waals surface area (Å²) in [5.74, 6) is 0.473. The van der Waals surface area contributed by atoms with Crippen LogP contribution >= 0.6 is 34.2 Å². The molecule has 0 fully saturated rings. The molecule has 0 unspecified atom stereocenters. The molecule has 0 atom stereocenters. The number of aromatic amines is 1. The van der Waals surface area contributed by atoms with Gasteiger partial charge < -0.3 is 11.5 Å². The number of aromatic nitrogens is 2. The summed E-state index contributed by atoms with van der Waals surface area (Å²) >= 11 is 8.16. The molecule has 1 heterocycles. The van der Waals surface area contributed by atoms with Crippen molar-refractivity contribution < 1.29 is 0 Å². The molecular weight excluding hydrogens is 354 g/mol. The average molecular weight is 363 g/mol. The molecule has 88 valence electrons. The van der Waals surface area contributed by atoms with E-state index in [2.05, 4.69) is 43.0 Å². The average Bonchev–Trinajstić information content (AvgIpc) is 2.58. The summed E-state index contributed by atoms with van der Waals surface area (Å²) in [6.45, 7) is 0. The minimum absolute atomic E-state index is 0.202. The standard InChI is InChI=1S/C9H8ClIN6/c10-5-3-4(11)1-2-6(5)14-15-7-8(12)16-17-9(7)13/h1-3H,(H5,12,13,16,17). The van der Waals surface area contributed by atoms with E-state index < -0.39 is 0 Å². The van der Waals surface area contributed by atoms with Crippen molar-refractivity contribution in [3.63, 3.8) is 0 Å². The molecule has 6 nitrogen and oxygen atoms in total. The third-order valence-corrected chi connectivity index (χ3v) is 2.94. The molecule has 1 aromatic heterocycles. The van der Waals surface area contributed by atoms with Gasteiger partial charge in [0.15, 0.2) is 11.5 Å². The number of hydrogen-bond acceptors (Lipinski definition) is 5. The van der Waals surface area contributed by atoms with E-state index in [4.69, 9.17) is 23.1 Å². The number of nitrogens with two attached hydrogens (primary N) is 2. The van der Waals surface area contributed by atoms with E-state index in [0.717, 1.165) is 3.57 Å². The monoisotopic (exact) mass is 362 g/mol. The molecule has 0 aliphatic heterocycles. The van der Waals surface area contributed by atoms with Gasteiger partial charge in [-0.3, -0.25) is 5.10 Å². The summed E-state index contributed by atoms with van der Waals surface area (Å²) in [5.41, 5.74) is 12.0. The fourth-order valence-electron chi connectivity index (χ4n) is 1.14. The fourth-order valence-corrected chi connectivity index (χ4v) is 2.03. The molecule has 17 heavy (non-hydrogen) atoms. The first-order valence-electron chi connectivity index (χ1n) is 4.54. The number of H-pyrrole nitrogens is 1. The SMILES string of the molecule is Nc1n[nH]c(N)c1N=Nc1ccc(I)cc1Cl. The maximum atomic E-state index is 6.00. The Bertz CT molecular complexity index is 559. The van der Waals surface area contributed by atoms with Gasteiger partial charge in [-0.1, -0.05) is 11.6 Å². The third-order valence-electron chi connectivity index (χ3n) is 1.96. The highest BCUT2D eigenvalue weighted by Crippen LogP contribution is 2.31. The Labute approximate surface area is 116 Å². The first kappa shape index (κ1) is 12.1. The summed E-state index contributed by atoms with van der Waals surface area (Å²) in [7, 11) is 0. The van der Waals surface area contributed by atoms with Crippen LogP contribution in [0.3, 0.4) is 0 Å². The van der Waals surface area contributed by atoms with Crippen molar-refractivity contribution in [1.29, 1.82) is 0 Å². The van der Waals surface area contributed by atoms with E-state index in [1.54, 1.807) is 12.1 Å². The predicted octanol–water partition coefficient (Wildman–Crippen LogP) is 3.25. The van der Waals surface area contributed by atoms with Gasteiger partial charge in [0.05, 0.1) is 5.02 Å². The summed E-state index contributed by atoms with van der Waals surface area (Å²) in [4.78, 5) is 0. The largest absolute Gasteiger partial charge is 0.382 e. The number of azo groups is 1. The lowest BCUT2D eigenvalue weighted by molar-refractivity contribution is 1.11. The molecule has 1 aromatic carbocycles. The second-order valence-corrected chi connectivity index (χ2v) is 4.82. The van der Waals surface area contributed by atoms with Crippen molar-refractivity contribution in [2.75, 3.05) is 11.5 Å². The molecule has 0 amide bonds. The molecule has 2 rings (SSSR count). The van der Waals surface area contributed by atoms with Crippen LogP contribution in [0.5, 0.6) is 0 Å². The third kappa shape index (κ3) is 2.67. The lowest BCUT2D eigenvalue weighted by atomic mass is 10.3. The highest BCUT2D eigenvalue weighted by molar-refractivity contribution is 14.1. The smallest absolute Gasteiger partial charge is 0.175 e. The topological polar surface area (TPSA) is 105 Å². The predicted molar refractivity (Wildman–Crippen MR) is 75.8 cm³/mol. The van der Waals surface area contributed by atoms with Crippen molar-refractivity contribution in [3.8, 4) is 0 Å². The second-order valence-electron chi connectivity index (χ2n) is 3.17. The summed E-state index contributed by atoms with van der Waals surface area (Å²) in [6, 6.07) is 5.43. The van der Waals surface area contributed by atoms with E-state index in [1.807, 2.05) is 6.07 Å². The van der Waals surface area contributed by atoms with Crippen molar-refractivity contribution in [3.05, 3.63) is 26.8 Å². The van der Waals surface area contributed by atoms with Crippen molar-refractivity contribution in [1.82, 2.24) is 10.2 Å². The van der Waals surface area contributed by atoms with Crippen LogP contribution in [0.4, 0.5) is 23.0 Å². The zero-order valence-electron chi connectivity index (χ0n) is 8.48. The first-order chi connectivity index (χ1) is 8.08. The second kappa shape index (κ2) is 4.88. The summed E-state index contributed by atoms with van der Waals surface area (Å²) in [6.07, 6.45) is 0. The van der Waals surface area contributed by atoms with E-state index in [0.29, 0.717) is 16.4 Å². The lowest BCUT2D eigenvalue weighted by Gasteiger charge is -1.97. The Hall–Kier alpha value is -1.35. The van der Waals surface area contributed by atoms with Gasteiger partial charge in [-0.15, -0.1) is 10.2 Å². The molecule has 5 N–H and O–H groups in total. The van der Waals surface area contributed by atoms with Gasteiger partial charge >= 0.3 is 0 Å². The molecule has 0 aliphatic rings. The van der Waals surface area contributed by atoms with Gasteiger partial charge in [-0.2, -0.15) is 5.10 Å². The van der Waals surface area contributed by atoms with Gasteiger partial charge in [0.25, 0.3) is 0 Å². The van der Waals surface area contributed by atoms with Crippen LogP contribution in [0.25, 0.3) is 0 Å². The minimum Gasteiger partial charge on any atom is -0.382 e. The van der Waals surface area contributed by atoms with Crippen molar-refractivity contribution >= 4 is 57.2 Å². The highest BCUT2D eigenvalue weighted by Gasteiger charge is 2.07. The maximum absolute atomic E-state index is 6.00. The molecule has 0 aliphatic carbocycles. The van der Waals surface area contributed by atoms with Crippen LogP contribution in [0.1, 0.15) is 0 Å². The first-order valence-corrected chi connectivity index (χ1v) is 5.99. The molecule has 0 radical (unpaired) electrons. The van der Waals surface area contributed by atoms with Crippen LogP contribution in [0.15, 0.2) is 28.4 Å². The number of nitrogen functional groups attached to an aromatic ring is 2. The van der Waals surface area contributed by atoms with E-state index in [9.17, 15) is 0 Å². The Balaban J connectivity index is 2.32. The molecule has 0 saturated heterocycles. The van der Waals surface area contributed by atoms with Gasteiger partial charge in [0, 0.05) is 3.57 Å². The molecule has 0 saturated carbocycles. The number of anilines is 2. The lowest BCUT2D eigenvalue weighted by Crippen LogP contribution is -1.84. The van der Waals surface area contributed by atoms with Crippen LogP contribution < -0.4 is 11.5 Å². The van der Waals surface area contributed by atoms with Crippen molar-refractivity contribution in [2.45, 2.75) is 0 Å². The van der Waals surface area contributed by atoms with Crippen LogP contribution in [-0.2, 0) is 0 Å². The van der Waals surface area contributed by atoms with Crippen LogP contribution in [-0.4, -0.2) is 10.2 Å². The van der Waals surface area contributed by atoms with E-state index in [1.165, 1.54) is 0 Å². The normalized spacial score (nSPS) is 11.2. The van der Waals surface area contributed by atoms with E-state index >= 15 is 0 Å². The van der Waals surface area contributed by atoms with Gasteiger partial charge in [0.2, 0.25) is 0 Å². The summed E-state index contributed by atoms with van der Waals surface area (Å²) < 4.78 is 1.02. The Morgan fingerprint density at radius 1 is 1.29 bits per heavy atom. The Morgan fingerprint density at radius 2 is 2.06 bits per heavy atom.